The molecule has 0 fully saturated rings. The fraction of sp³-hybridized carbons (Fsp3) is 0.100. The van der Waals surface area contributed by atoms with Crippen molar-refractivity contribution in [2.45, 2.75) is 6.92 Å². The minimum absolute atomic E-state index is 1.04. The Hall–Kier alpha value is -1.07. The van der Waals surface area contributed by atoms with Crippen LogP contribution in [0.1, 0.15) is 11.1 Å². The molecule has 1 aromatic rings. The summed E-state index contributed by atoms with van der Waals surface area (Å²) in [4.78, 5) is 0. The standard InChI is InChI=1S/C10H8BrN/c1-8-5-9(3-2-4-12)7-10(11)6-8/h2-3,5-7H,1H3/b3-2-. The Labute approximate surface area is 80.5 Å². The molecule has 60 valence electrons. The van der Waals surface area contributed by atoms with E-state index in [0.717, 1.165) is 10.0 Å². The van der Waals surface area contributed by atoms with Crippen LogP contribution in [-0.4, -0.2) is 0 Å². The first-order chi connectivity index (χ1) is 5.72. The number of halogens is 1. The Bertz CT molecular complexity index is 327. The molecule has 0 saturated heterocycles. The van der Waals surface area contributed by atoms with Crippen molar-refractivity contribution in [3.05, 3.63) is 39.9 Å². The number of hydrogen-bond acceptors (Lipinski definition) is 1. The van der Waals surface area contributed by atoms with E-state index >= 15 is 0 Å². The number of benzene rings is 1. The Morgan fingerprint density at radius 3 is 2.75 bits per heavy atom. The molecule has 0 aliphatic heterocycles. The number of aryl methyl sites for hydroxylation is 1. The molecule has 0 atom stereocenters. The molecule has 1 rings (SSSR count). The van der Waals surface area contributed by atoms with Crippen molar-refractivity contribution < 1.29 is 0 Å². The lowest BCUT2D eigenvalue weighted by Gasteiger charge is -1.97. The third kappa shape index (κ3) is 2.52. The van der Waals surface area contributed by atoms with E-state index in [1.807, 2.05) is 31.2 Å². The van der Waals surface area contributed by atoms with Crippen LogP contribution in [0.15, 0.2) is 28.7 Å². The minimum atomic E-state index is 1.04. The Balaban J connectivity index is 3.03. The fourth-order valence-electron chi connectivity index (χ4n) is 0.994. The summed E-state index contributed by atoms with van der Waals surface area (Å²) in [5.74, 6) is 0. The highest BCUT2D eigenvalue weighted by Crippen LogP contribution is 2.15. The molecule has 0 unspecified atom stereocenters. The van der Waals surface area contributed by atoms with Crippen LogP contribution >= 0.6 is 15.9 Å². The van der Waals surface area contributed by atoms with Gasteiger partial charge in [-0.25, -0.2) is 0 Å². The maximum atomic E-state index is 8.32. The topological polar surface area (TPSA) is 23.8 Å². The molecule has 0 radical (unpaired) electrons. The van der Waals surface area contributed by atoms with E-state index in [4.69, 9.17) is 5.26 Å². The third-order valence-electron chi connectivity index (χ3n) is 1.41. The van der Waals surface area contributed by atoms with Gasteiger partial charge in [0.2, 0.25) is 0 Å². The van der Waals surface area contributed by atoms with Gasteiger partial charge < -0.3 is 0 Å². The lowest BCUT2D eigenvalue weighted by atomic mass is 10.1. The molecule has 1 nitrogen and oxygen atoms in total. The lowest BCUT2D eigenvalue weighted by molar-refractivity contribution is 1.44. The summed E-state index contributed by atoms with van der Waals surface area (Å²) in [7, 11) is 0. The van der Waals surface area contributed by atoms with Gasteiger partial charge in [0, 0.05) is 10.5 Å². The summed E-state index contributed by atoms with van der Waals surface area (Å²) < 4.78 is 1.04. The third-order valence-corrected chi connectivity index (χ3v) is 1.87. The van der Waals surface area contributed by atoms with E-state index in [1.54, 1.807) is 6.08 Å². The normalized spacial score (nSPS) is 10.1. The molecule has 2 heteroatoms. The Morgan fingerprint density at radius 2 is 2.17 bits per heavy atom. The van der Waals surface area contributed by atoms with E-state index in [-0.39, 0.29) is 0 Å². The van der Waals surface area contributed by atoms with Crippen molar-refractivity contribution in [2.75, 3.05) is 0 Å². The molecular weight excluding hydrogens is 214 g/mol. The monoisotopic (exact) mass is 221 g/mol. The Kier molecular flexibility index (Phi) is 3.07. The van der Waals surface area contributed by atoms with Gasteiger partial charge in [0.05, 0.1) is 6.07 Å². The smallest absolute Gasteiger partial charge is 0.0912 e. The second-order valence-corrected chi connectivity index (χ2v) is 3.44. The van der Waals surface area contributed by atoms with Crippen LogP contribution in [0.2, 0.25) is 0 Å². The quantitative estimate of drug-likeness (QED) is 0.668. The first-order valence-corrected chi connectivity index (χ1v) is 4.35. The number of nitriles is 1. The summed E-state index contributed by atoms with van der Waals surface area (Å²) in [5, 5.41) is 8.32. The SMILES string of the molecule is Cc1cc(Br)cc(/C=C\C#N)c1. The number of allylic oxidation sites excluding steroid dienone is 1. The van der Waals surface area contributed by atoms with Gasteiger partial charge in [-0.3, -0.25) is 0 Å². The molecule has 0 aliphatic carbocycles. The highest BCUT2D eigenvalue weighted by atomic mass is 79.9. The summed E-state index contributed by atoms with van der Waals surface area (Å²) in [5.41, 5.74) is 2.23. The van der Waals surface area contributed by atoms with Crippen LogP contribution in [0.4, 0.5) is 0 Å². The van der Waals surface area contributed by atoms with Gasteiger partial charge in [-0.15, -0.1) is 0 Å². The van der Waals surface area contributed by atoms with Crippen molar-refractivity contribution in [3.8, 4) is 6.07 Å². The number of rotatable bonds is 1. The molecular formula is C10H8BrN. The van der Waals surface area contributed by atoms with Crippen LogP contribution in [0.25, 0.3) is 6.08 Å². The van der Waals surface area contributed by atoms with Crippen LogP contribution in [0.3, 0.4) is 0 Å². The van der Waals surface area contributed by atoms with Gasteiger partial charge in [-0.2, -0.15) is 5.26 Å². The first-order valence-electron chi connectivity index (χ1n) is 3.56. The molecule has 0 bridgehead atoms. The van der Waals surface area contributed by atoms with Crippen molar-refractivity contribution in [1.29, 1.82) is 5.26 Å². The molecule has 0 heterocycles. The van der Waals surface area contributed by atoms with E-state index < -0.39 is 0 Å². The van der Waals surface area contributed by atoms with Gasteiger partial charge in [-0.1, -0.05) is 22.0 Å². The maximum Gasteiger partial charge on any atom is 0.0912 e. The highest BCUT2D eigenvalue weighted by Gasteiger charge is 1.91. The molecule has 0 amide bonds. The second kappa shape index (κ2) is 4.08. The predicted molar refractivity (Wildman–Crippen MR) is 53.5 cm³/mol. The van der Waals surface area contributed by atoms with E-state index in [9.17, 15) is 0 Å². The van der Waals surface area contributed by atoms with Gasteiger partial charge in [0.1, 0.15) is 0 Å². The summed E-state index contributed by atoms with van der Waals surface area (Å²) in [6, 6.07) is 7.99. The van der Waals surface area contributed by atoms with Crippen LogP contribution in [-0.2, 0) is 0 Å². The van der Waals surface area contributed by atoms with Crippen LogP contribution < -0.4 is 0 Å². The van der Waals surface area contributed by atoms with Crippen LogP contribution in [0, 0.1) is 18.3 Å². The lowest BCUT2D eigenvalue weighted by Crippen LogP contribution is -1.76. The molecule has 0 aliphatic rings. The van der Waals surface area contributed by atoms with E-state index in [0.29, 0.717) is 0 Å². The zero-order chi connectivity index (χ0) is 8.97. The fourth-order valence-corrected chi connectivity index (χ4v) is 1.62. The number of hydrogen-bond donors (Lipinski definition) is 0. The van der Waals surface area contributed by atoms with E-state index in [2.05, 4.69) is 15.9 Å². The Morgan fingerprint density at radius 1 is 1.42 bits per heavy atom. The maximum absolute atomic E-state index is 8.32. The first kappa shape index (κ1) is 9.02. The van der Waals surface area contributed by atoms with Gasteiger partial charge in [0.25, 0.3) is 0 Å². The second-order valence-electron chi connectivity index (χ2n) is 2.52. The average Bonchev–Trinajstić information content (AvgIpc) is 1.99. The molecule has 0 N–H and O–H groups in total. The number of nitrogens with zero attached hydrogens (tertiary/aromatic N) is 1. The van der Waals surface area contributed by atoms with Gasteiger partial charge in [0.15, 0.2) is 0 Å². The van der Waals surface area contributed by atoms with Gasteiger partial charge in [-0.05, 0) is 36.3 Å². The zero-order valence-corrected chi connectivity index (χ0v) is 8.30. The van der Waals surface area contributed by atoms with Crippen molar-refractivity contribution in [2.24, 2.45) is 0 Å². The minimum Gasteiger partial charge on any atom is -0.193 e. The molecule has 0 saturated carbocycles. The molecule has 1 aromatic carbocycles. The summed E-state index contributed by atoms with van der Waals surface area (Å²) in [6.45, 7) is 2.02. The largest absolute Gasteiger partial charge is 0.193 e. The predicted octanol–water partition coefficient (Wildman–Crippen LogP) is 3.29. The molecule has 12 heavy (non-hydrogen) atoms. The summed E-state index contributed by atoms with van der Waals surface area (Å²) >= 11 is 3.39. The van der Waals surface area contributed by atoms with Crippen molar-refractivity contribution in [1.82, 2.24) is 0 Å². The van der Waals surface area contributed by atoms with E-state index in [1.165, 1.54) is 11.6 Å². The zero-order valence-electron chi connectivity index (χ0n) is 6.71. The molecule has 0 aromatic heterocycles. The van der Waals surface area contributed by atoms with Crippen LogP contribution in [0.5, 0.6) is 0 Å². The van der Waals surface area contributed by atoms with Crippen molar-refractivity contribution in [3.63, 3.8) is 0 Å². The summed E-state index contributed by atoms with van der Waals surface area (Å²) in [6.07, 6.45) is 3.26. The molecule has 0 spiro atoms. The van der Waals surface area contributed by atoms with Crippen molar-refractivity contribution >= 4 is 22.0 Å². The average molecular weight is 222 g/mol. The highest BCUT2D eigenvalue weighted by molar-refractivity contribution is 9.10. The van der Waals surface area contributed by atoms with Gasteiger partial charge >= 0.3 is 0 Å².